The van der Waals surface area contributed by atoms with E-state index < -0.39 is 5.97 Å². The van der Waals surface area contributed by atoms with Gasteiger partial charge in [-0.05, 0) is 37.5 Å². The van der Waals surface area contributed by atoms with Gasteiger partial charge in [-0.3, -0.25) is 9.78 Å². The van der Waals surface area contributed by atoms with Gasteiger partial charge in [0.15, 0.2) is 0 Å². The highest BCUT2D eigenvalue weighted by molar-refractivity contribution is 5.74. The van der Waals surface area contributed by atoms with Gasteiger partial charge in [0.1, 0.15) is 0 Å². The van der Waals surface area contributed by atoms with Crippen molar-refractivity contribution in [3.63, 3.8) is 0 Å². The standard InChI is InChI=1S/C13H19N3O3/c1-9-5-6-14-7-11(9)8-15-13(19)16-10(2)3-4-12(17)18/h5-7,10H,3-4,8H2,1-2H3,(H,17,18)(H2,15,16,19). The number of rotatable bonds is 6. The molecule has 6 nitrogen and oxygen atoms in total. The molecule has 0 aromatic carbocycles. The van der Waals surface area contributed by atoms with E-state index in [0.717, 1.165) is 11.1 Å². The summed E-state index contributed by atoms with van der Waals surface area (Å²) in [5.41, 5.74) is 2.02. The maximum absolute atomic E-state index is 11.6. The Kier molecular flexibility index (Phi) is 5.78. The van der Waals surface area contributed by atoms with Crippen LogP contribution in [0.2, 0.25) is 0 Å². The van der Waals surface area contributed by atoms with Crippen molar-refractivity contribution < 1.29 is 14.7 Å². The third kappa shape index (κ3) is 5.85. The highest BCUT2D eigenvalue weighted by Crippen LogP contribution is 2.04. The smallest absolute Gasteiger partial charge is 0.315 e. The molecule has 2 amide bonds. The van der Waals surface area contributed by atoms with E-state index in [0.29, 0.717) is 13.0 Å². The molecule has 0 saturated carbocycles. The summed E-state index contributed by atoms with van der Waals surface area (Å²) in [6, 6.07) is 1.40. The Hall–Kier alpha value is -2.11. The van der Waals surface area contributed by atoms with Gasteiger partial charge >= 0.3 is 12.0 Å². The summed E-state index contributed by atoms with van der Waals surface area (Å²) in [7, 11) is 0. The van der Waals surface area contributed by atoms with Gasteiger partial charge in [-0.25, -0.2) is 4.79 Å². The van der Waals surface area contributed by atoms with E-state index in [1.165, 1.54) is 0 Å². The average molecular weight is 265 g/mol. The Balaban J connectivity index is 2.32. The Labute approximate surface area is 112 Å². The van der Waals surface area contributed by atoms with Crippen LogP contribution in [0.5, 0.6) is 0 Å². The van der Waals surface area contributed by atoms with Gasteiger partial charge in [0, 0.05) is 31.4 Å². The number of carboxylic acid groups (broad SMARTS) is 1. The van der Waals surface area contributed by atoms with Crippen LogP contribution in [-0.4, -0.2) is 28.1 Å². The number of urea groups is 1. The Morgan fingerprint density at radius 1 is 1.47 bits per heavy atom. The molecule has 0 saturated heterocycles. The quantitative estimate of drug-likeness (QED) is 0.726. The molecule has 0 aliphatic carbocycles. The van der Waals surface area contributed by atoms with Crippen LogP contribution in [-0.2, 0) is 11.3 Å². The molecule has 0 spiro atoms. The number of hydrogen-bond donors (Lipinski definition) is 3. The van der Waals surface area contributed by atoms with Crippen LogP contribution in [0.4, 0.5) is 4.79 Å². The number of pyridine rings is 1. The number of carbonyl (C=O) groups excluding carboxylic acids is 1. The molecule has 1 heterocycles. The molecular formula is C13H19N3O3. The number of nitrogens with one attached hydrogen (secondary N) is 2. The zero-order valence-corrected chi connectivity index (χ0v) is 11.1. The van der Waals surface area contributed by atoms with Gasteiger partial charge < -0.3 is 15.7 Å². The minimum absolute atomic E-state index is 0.0448. The van der Waals surface area contributed by atoms with Gasteiger partial charge in [-0.15, -0.1) is 0 Å². The minimum Gasteiger partial charge on any atom is -0.481 e. The lowest BCUT2D eigenvalue weighted by Crippen LogP contribution is -2.40. The van der Waals surface area contributed by atoms with E-state index in [-0.39, 0.29) is 18.5 Å². The maximum atomic E-state index is 11.6. The second-order valence-electron chi connectivity index (χ2n) is 4.46. The molecular weight excluding hydrogens is 246 g/mol. The van der Waals surface area contributed by atoms with Crippen molar-refractivity contribution in [1.82, 2.24) is 15.6 Å². The fourth-order valence-electron chi connectivity index (χ4n) is 1.54. The summed E-state index contributed by atoms with van der Waals surface area (Å²) >= 11 is 0. The predicted molar refractivity (Wildman–Crippen MR) is 70.7 cm³/mol. The van der Waals surface area contributed by atoms with Crippen molar-refractivity contribution in [2.24, 2.45) is 0 Å². The normalized spacial score (nSPS) is 11.7. The van der Waals surface area contributed by atoms with Crippen LogP contribution in [0.3, 0.4) is 0 Å². The molecule has 1 rings (SSSR count). The van der Waals surface area contributed by atoms with Crippen LogP contribution in [0.15, 0.2) is 18.5 Å². The molecule has 1 atom stereocenters. The molecule has 0 radical (unpaired) electrons. The first-order valence-corrected chi connectivity index (χ1v) is 6.14. The van der Waals surface area contributed by atoms with Crippen molar-refractivity contribution in [1.29, 1.82) is 0 Å². The summed E-state index contributed by atoms with van der Waals surface area (Å²) in [4.78, 5) is 26.0. The zero-order chi connectivity index (χ0) is 14.3. The lowest BCUT2D eigenvalue weighted by atomic mass is 10.1. The van der Waals surface area contributed by atoms with Crippen LogP contribution in [0, 0.1) is 6.92 Å². The summed E-state index contributed by atoms with van der Waals surface area (Å²) < 4.78 is 0. The fraction of sp³-hybridized carbons (Fsp3) is 0.462. The molecule has 19 heavy (non-hydrogen) atoms. The number of aryl methyl sites for hydroxylation is 1. The number of aromatic nitrogens is 1. The van der Waals surface area contributed by atoms with Crippen LogP contribution < -0.4 is 10.6 Å². The molecule has 0 aliphatic heterocycles. The molecule has 0 aliphatic rings. The van der Waals surface area contributed by atoms with Gasteiger partial charge in [0.25, 0.3) is 0 Å². The lowest BCUT2D eigenvalue weighted by Gasteiger charge is -2.14. The number of nitrogens with zero attached hydrogens (tertiary/aromatic N) is 1. The van der Waals surface area contributed by atoms with Crippen LogP contribution in [0.1, 0.15) is 30.9 Å². The SMILES string of the molecule is Cc1ccncc1CNC(=O)NC(C)CCC(=O)O. The first-order valence-electron chi connectivity index (χ1n) is 6.14. The lowest BCUT2D eigenvalue weighted by molar-refractivity contribution is -0.137. The summed E-state index contributed by atoms with van der Waals surface area (Å²) in [5.74, 6) is -0.861. The van der Waals surface area contributed by atoms with Crippen molar-refractivity contribution in [3.8, 4) is 0 Å². The van der Waals surface area contributed by atoms with Gasteiger partial charge in [-0.1, -0.05) is 0 Å². The largest absolute Gasteiger partial charge is 0.481 e. The number of hydrogen-bond acceptors (Lipinski definition) is 3. The number of carboxylic acids is 1. The molecule has 1 aromatic heterocycles. The molecule has 3 N–H and O–H groups in total. The molecule has 1 unspecified atom stereocenters. The fourth-order valence-corrected chi connectivity index (χ4v) is 1.54. The van der Waals surface area contributed by atoms with E-state index >= 15 is 0 Å². The first-order chi connectivity index (χ1) is 8.99. The second-order valence-corrected chi connectivity index (χ2v) is 4.46. The Morgan fingerprint density at radius 3 is 2.84 bits per heavy atom. The van der Waals surface area contributed by atoms with Crippen molar-refractivity contribution in [3.05, 3.63) is 29.6 Å². The van der Waals surface area contributed by atoms with E-state index in [4.69, 9.17) is 5.11 Å². The van der Waals surface area contributed by atoms with E-state index in [2.05, 4.69) is 15.6 Å². The van der Waals surface area contributed by atoms with Crippen molar-refractivity contribution in [2.45, 2.75) is 39.3 Å². The average Bonchev–Trinajstić information content (AvgIpc) is 2.35. The number of carbonyl (C=O) groups is 2. The first kappa shape index (κ1) is 14.9. The van der Waals surface area contributed by atoms with Gasteiger partial charge in [0.05, 0.1) is 0 Å². The summed E-state index contributed by atoms with van der Waals surface area (Å²) in [5, 5.41) is 14.0. The van der Waals surface area contributed by atoms with Gasteiger partial charge in [0.2, 0.25) is 0 Å². The predicted octanol–water partition coefficient (Wildman–Crippen LogP) is 1.44. The Morgan fingerprint density at radius 2 is 2.21 bits per heavy atom. The van der Waals surface area contributed by atoms with Crippen molar-refractivity contribution in [2.75, 3.05) is 0 Å². The maximum Gasteiger partial charge on any atom is 0.315 e. The summed E-state index contributed by atoms with van der Waals surface area (Å²) in [6.45, 7) is 4.13. The molecule has 1 aromatic rings. The zero-order valence-electron chi connectivity index (χ0n) is 11.1. The van der Waals surface area contributed by atoms with Crippen LogP contribution >= 0.6 is 0 Å². The topological polar surface area (TPSA) is 91.3 Å². The number of amides is 2. The summed E-state index contributed by atoms with van der Waals surface area (Å²) in [6.07, 6.45) is 3.87. The molecule has 6 heteroatoms. The van der Waals surface area contributed by atoms with E-state index in [9.17, 15) is 9.59 Å². The molecule has 104 valence electrons. The highest BCUT2D eigenvalue weighted by Gasteiger charge is 2.09. The minimum atomic E-state index is -0.861. The third-order valence-electron chi connectivity index (χ3n) is 2.76. The molecule has 0 bridgehead atoms. The van der Waals surface area contributed by atoms with Crippen molar-refractivity contribution >= 4 is 12.0 Å². The van der Waals surface area contributed by atoms with E-state index in [1.807, 2.05) is 13.0 Å². The van der Waals surface area contributed by atoms with Crippen LogP contribution in [0.25, 0.3) is 0 Å². The third-order valence-corrected chi connectivity index (χ3v) is 2.76. The highest BCUT2D eigenvalue weighted by atomic mass is 16.4. The molecule has 0 fully saturated rings. The van der Waals surface area contributed by atoms with E-state index in [1.54, 1.807) is 19.3 Å². The van der Waals surface area contributed by atoms with Gasteiger partial charge in [-0.2, -0.15) is 0 Å². The second kappa shape index (κ2) is 7.35. The number of aliphatic carboxylic acids is 1. The Bertz CT molecular complexity index is 449. The monoisotopic (exact) mass is 265 g/mol.